The minimum absolute atomic E-state index is 0.0283. The Morgan fingerprint density at radius 2 is 1.35 bits per heavy atom. The molecule has 0 atom stereocenters. The lowest BCUT2D eigenvalue weighted by atomic mass is 10.5. The zero-order chi connectivity index (χ0) is 12.9. The molecule has 96 valence electrons. The molecular formula is C11H16O4S2. The van der Waals surface area contributed by atoms with Gasteiger partial charge in [-0.25, -0.2) is 0 Å². The van der Waals surface area contributed by atoms with Crippen molar-refractivity contribution in [3.05, 3.63) is 24.3 Å². The van der Waals surface area contributed by atoms with Gasteiger partial charge in [-0.1, -0.05) is 24.3 Å². The van der Waals surface area contributed by atoms with Gasteiger partial charge in [0.15, 0.2) is 0 Å². The van der Waals surface area contributed by atoms with Crippen LogP contribution < -0.4 is 0 Å². The third-order valence-electron chi connectivity index (χ3n) is 1.52. The Hall–Kier alpha value is -0.880. The maximum atomic E-state index is 10.5. The highest BCUT2D eigenvalue weighted by Crippen LogP contribution is 1.93. The van der Waals surface area contributed by atoms with Crippen LogP contribution in [0, 0.1) is 0 Å². The highest BCUT2D eigenvalue weighted by Gasteiger charge is 2.00. The number of hydrogen-bond acceptors (Lipinski definition) is 6. The average molecular weight is 276 g/mol. The summed E-state index contributed by atoms with van der Waals surface area (Å²) >= 11 is 7.36. The van der Waals surface area contributed by atoms with Crippen molar-refractivity contribution in [1.29, 1.82) is 0 Å². The number of carbonyl (C=O) groups is 2. The van der Waals surface area contributed by atoms with Gasteiger partial charge in [0, 0.05) is 0 Å². The van der Waals surface area contributed by atoms with Crippen LogP contribution in [-0.2, 0) is 19.1 Å². The van der Waals surface area contributed by atoms with Crippen LogP contribution in [0.5, 0.6) is 0 Å². The lowest BCUT2D eigenvalue weighted by Gasteiger charge is -2.03. The average Bonchev–Trinajstić information content (AvgIpc) is 2.92. The molecule has 0 aromatic carbocycles. The van der Waals surface area contributed by atoms with Crippen molar-refractivity contribution in [3.8, 4) is 0 Å². The monoisotopic (exact) mass is 276 g/mol. The Kier molecular flexibility index (Phi) is 11.0. The SMILES string of the molecule is C1=CCC=C1.O=C(CS)OCCOC(=O)CS. The summed E-state index contributed by atoms with van der Waals surface area (Å²) in [5.41, 5.74) is 0. The van der Waals surface area contributed by atoms with E-state index in [0.29, 0.717) is 0 Å². The van der Waals surface area contributed by atoms with Gasteiger partial charge in [-0.3, -0.25) is 9.59 Å². The number of rotatable bonds is 5. The minimum atomic E-state index is -0.430. The number of ether oxygens (including phenoxy) is 2. The van der Waals surface area contributed by atoms with E-state index in [9.17, 15) is 9.59 Å². The van der Waals surface area contributed by atoms with E-state index < -0.39 is 11.9 Å². The normalized spacial score (nSPS) is 11.6. The van der Waals surface area contributed by atoms with Crippen LogP contribution in [-0.4, -0.2) is 36.7 Å². The maximum Gasteiger partial charge on any atom is 0.315 e. The van der Waals surface area contributed by atoms with Gasteiger partial charge in [0.25, 0.3) is 0 Å². The number of esters is 2. The summed E-state index contributed by atoms with van der Waals surface area (Å²) in [6.45, 7) is 0.137. The van der Waals surface area contributed by atoms with Gasteiger partial charge >= 0.3 is 11.9 Å². The van der Waals surface area contributed by atoms with E-state index in [4.69, 9.17) is 0 Å². The van der Waals surface area contributed by atoms with Crippen molar-refractivity contribution in [3.63, 3.8) is 0 Å². The fourth-order valence-corrected chi connectivity index (χ4v) is 0.978. The quantitative estimate of drug-likeness (QED) is 0.453. The summed E-state index contributed by atoms with van der Waals surface area (Å²) in [5, 5.41) is 0. The van der Waals surface area contributed by atoms with E-state index in [0.717, 1.165) is 6.42 Å². The molecule has 0 bridgehead atoms. The number of allylic oxidation sites excluding steroid dienone is 4. The van der Waals surface area contributed by atoms with E-state index in [1.807, 2.05) is 0 Å². The molecule has 4 nitrogen and oxygen atoms in total. The zero-order valence-electron chi connectivity index (χ0n) is 9.37. The molecule has 6 heteroatoms. The molecule has 1 rings (SSSR count). The number of thiol groups is 2. The third kappa shape index (κ3) is 11.4. The number of hydrogen-bond donors (Lipinski definition) is 2. The summed E-state index contributed by atoms with van der Waals surface area (Å²) < 4.78 is 9.14. The van der Waals surface area contributed by atoms with E-state index in [1.54, 1.807) is 0 Å². The van der Waals surface area contributed by atoms with Gasteiger partial charge in [0.2, 0.25) is 0 Å². The summed E-state index contributed by atoms with van der Waals surface area (Å²) in [4.78, 5) is 20.9. The summed E-state index contributed by atoms with van der Waals surface area (Å²) in [5.74, 6) is -0.804. The molecular weight excluding hydrogens is 260 g/mol. The second kappa shape index (κ2) is 11.6. The van der Waals surface area contributed by atoms with Crippen LogP contribution in [0.25, 0.3) is 0 Å². The molecule has 0 unspecified atom stereocenters. The Morgan fingerprint density at radius 3 is 1.59 bits per heavy atom. The van der Waals surface area contributed by atoms with Crippen LogP contribution in [0.4, 0.5) is 0 Å². The first-order valence-corrected chi connectivity index (χ1v) is 6.31. The molecule has 0 N–H and O–H groups in total. The molecule has 0 saturated heterocycles. The molecule has 17 heavy (non-hydrogen) atoms. The van der Waals surface area contributed by atoms with Crippen LogP contribution in [0.15, 0.2) is 24.3 Å². The van der Waals surface area contributed by atoms with Crippen molar-refractivity contribution >= 4 is 37.2 Å². The third-order valence-corrected chi connectivity index (χ3v) is 2.04. The van der Waals surface area contributed by atoms with Crippen LogP contribution in [0.1, 0.15) is 6.42 Å². The topological polar surface area (TPSA) is 52.6 Å². The molecule has 0 aromatic heterocycles. The summed E-state index contributed by atoms with van der Waals surface area (Å²) in [6.07, 6.45) is 9.50. The first-order valence-electron chi connectivity index (χ1n) is 5.05. The molecule has 0 heterocycles. The molecule has 0 aliphatic heterocycles. The molecule has 0 radical (unpaired) electrons. The van der Waals surface area contributed by atoms with Crippen molar-refractivity contribution in [2.24, 2.45) is 0 Å². The molecule has 1 aliphatic rings. The van der Waals surface area contributed by atoms with Crippen LogP contribution in [0.2, 0.25) is 0 Å². The number of carbonyl (C=O) groups excluding carboxylic acids is 2. The Bertz CT molecular complexity index is 259. The lowest BCUT2D eigenvalue weighted by molar-refractivity contribution is -0.148. The molecule has 0 aromatic rings. The minimum Gasteiger partial charge on any atom is -0.461 e. The van der Waals surface area contributed by atoms with E-state index >= 15 is 0 Å². The predicted octanol–water partition coefficient (Wildman–Crippen LogP) is 1.43. The lowest BCUT2D eigenvalue weighted by Crippen LogP contribution is -2.14. The standard InChI is InChI=1S/C6H10O4S2.C5H6/c7-5(3-11)9-1-2-10-6(8)4-12;1-2-4-5-3-1/h11-12H,1-4H2;1-4H,5H2. The summed E-state index contributed by atoms with van der Waals surface area (Å²) in [7, 11) is 0. The van der Waals surface area contributed by atoms with Gasteiger partial charge in [0.05, 0.1) is 11.5 Å². The predicted molar refractivity (Wildman–Crippen MR) is 72.5 cm³/mol. The van der Waals surface area contributed by atoms with E-state index in [-0.39, 0.29) is 24.7 Å². The van der Waals surface area contributed by atoms with Crippen molar-refractivity contribution in [2.75, 3.05) is 24.7 Å². The smallest absolute Gasteiger partial charge is 0.315 e. The largest absolute Gasteiger partial charge is 0.461 e. The molecule has 0 fully saturated rings. The second-order valence-electron chi connectivity index (χ2n) is 2.85. The maximum absolute atomic E-state index is 10.5. The van der Waals surface area contributed by atoms with Gasteiger partial charge < -0.3 is 9.47 Å². The first kappa shape index (κ1) is 16.1. The molecule has 0 spiro atoms. The van der Waals surface area contributed by atoms with Gasteiger partial charge in [-0.2, -0.15) is 25.3 Å². The highest BCUT2D eigenvalue weighted by molar-refractivity contribution is 7.81. The van der Waals surface area contributed by atoms with Crippen molar-refractivity contribution in [1.82, 2.24) is 0 Å². The highest BCUT2D eigenvalue weighted by atomic mass is 32.1. The van der Waals surface area contributed by atoms with Crippen molar-refractivity contribution in [2.45, 2.75) is 6.42 Å². The van der Waals surface area contributed by atoms with Crippen LogP contribution >= 0.6 is 25.3 Å². The zero-order valence-corrected chi connectivity index (χ0v) is 11.2. The van der Waals surface area contributed by atoms with Gasteiger partial charge in [-0.15, -0.1) is 0 Å². The Labute approximate surface area is 112 Å². The van der Waals surface area contributed by atoms with E-state index in [1.165, 1.54) is 0 Å². The Balaban J connectivity index is 0.000000419. The van der Waals surface area contributed by atoms with Gasteiger partial charge in [-0.05, 0) is 6.42 Å². The summed E-state index contributed by atoms with van der Waals surface area (Å²) in [6, 6.07) is 0. The van der Waals surface area contributed by atoms with E-state index in [2.05, 4.69) is 59.0 Å². The first-order chi connectivity index (χ1) is 8.20. The van der Waals surface area contributed by atoms with Crippen LogP contribution in [0.3, 0.4) is 0 Å². The van der Waals surface area contributed by atoms with Crippen molar-refractivity contribution < 1.29 is 19.1 Å². The fourth-order valence-electron chi connectivity index (χ4n) is 0.795. The molecule has 1 aliphatic carbocycles. The fraction of sp³-hybridized carbons (Fsp3) is 0.455. The second-order valence-corrected chi connectivity index (χ2v) is 3.48. The molecule has 0 amide bonds. The Morgan fingerprint density at radius 1 is 0.941 bits per heavy atom. The molecule has 0 saturated carbocycles. The van der Waals surface area contributed by atoms with Gasteiger partial charge in [0.1, 0.15) is 13.2 Å².